The molecule has 0 saturated carbocycles. The van der Waals surface area contributed by atoms with E-state index in [0.29, 0.717) is 28.2 Å². The van der Waals surface area contributed by atoms with Crippen LogP contribution in [0, 0.1) is 0 Å². The first kappa shape index (κ1) is 11.8. The number of aromatic nitrogens is 1. The summed E-state index contributed by atoms with van der Waals surface area (Å²) < 4.78 is 4.73. The van der Waals surface area contributed by atoms with Crippen LogP contribution in [0.4, 0.5) is 0 Å². The first-order valence-corrected chi connectivity index (χ1v) is 5.29. The molecule has 6 heteroatoms. The Bertz CT molecular complexity index is 572. The fourth-order valence-electron chi connectivity index (χ4n) is 1.41. The molecular weight excluding hydrogens is 265 g/mol. The number of carbonyl (C=O) groups excluding carboxylic acids is 2. The Balaban J connectivity index is 2.73. The standard InChI is InChI=1S/C11H5Cl2NO3/c12-7-2-1-3-8(13)10(7)11-6(4-15)9(5-16)17-14-11/h1-5H. The van der Waals surface area contributed by atoms with E-state index in [0.717, 1.165) is 0 Å². The molecule has 0 bridgehead atoms. The molecule has 2 aromatic rings. The van der Waals surface area contributed by atoms with Crippen LogP contribution in [0.1, 0.15) is 20.9 Å². The van der Waals surface area contributed by atoms with Crippen LogP contribution in [0.5, 0.6) is 0 Å². The Hall–Kier alpha value is -1.65. The summed E-state index contributed by atoms with van der Waals surface area (Å²) in [5.74, 6) is -0.147. The topological polar surface area (TPSA) is 60.2 Å². The van der Waals surface area contributed by atoms with Crippen molar-refractivity contribution in [3.8, 4) is 11.3 Å². The Kier molecular flexibility index (Phi) is 3.26. The van der Waals surface area contributed by atoms with Crippen LogP contribution in [0.15, 0.2) is 22.7 Å². The minimum atomic E-state index is -0.147. The molecule has 0 radical (unpaired) electrons. The molecule has 0 N–H and O–H groups in total. The molecule has 4 nitrogen and oxygen atoms in total. The first-order valence-electron chi connectivity index (χ1n) is 4.53. The zero-order valence-electron chi connectivity index (χ0n) is 8.31. The Labute approximate surface area is 106 Å². The van der Waals surface area contributed by atoms with Crippen LogP contribution >= 0.6 is 23.2 Å². The molecule has 86 valence electrons. The van der Waals surface area contributed by atoms with Gasteiger partial charge in [-0.3, -0.25) is 9.59 Å². The fourth-order valence-corrected chi connectivity index (χ4v) is 1.99. The van der Waals surface area contributed by atoms with Gasteiger partial charge in [0.05, 0.1) is 15.6 Å². The van der Waals surface area contributed by atoms with E-state index in [9.17, 15) is 9.59 Å². The second-order valence-corrected chi connectivity index (χ2v) is 3.96. The summed E-state index contributed by atoms with van der Waals surface area (Å²) in [6.45, 7) is 0. The lowest BCUT2D eigenvalue weighted by molar-refractivity contribution is 0.107. The molecule has 0 amide bonds. The third-order valence-electron chi connectivity index (χ3n) is 2.18. The average molecular weight is 270 g/mol. The lowest BCUT2D eigenvalue weighted by Gasteiger charge is -2.02. The quantitative estimate of drug-likeness (QED) is 0.803. The van der Waals surface area contributed by atoms with Crippen molar-refractivity contribution in [3.63, 3.8) is 0 Å². The van der Waals surface area contributed by atoms with Gasteiger partial charge in [-0.25, -0.2) is 0 Å². The number of hydrogen-bond donors (Lipinski definition) is 0. The van der Waals surface area contributed by atoms with Crippen molar-refractivity contribution in [2.75, 3.05) is 0 Å². The van der Waals surface area contributed by atoms with Crippen molar-refractivity contribution < 1.29 is 14.1 Å². The molecule has 0 aliphatic carbocycles. The van der Waals surface area contributed by atoms with Crippen LogP contribution < -0.4 is 0 Å². The highest BCUT2D eigenvalue weighted by molar-refractivity contribution is 6.39. The fraction of sp³-hybridized carbons (Fsp3) is 0. The molecule has 0 fully saturated rings. The number of halogens is 2. The number of nitrogens with zero attached hydrogens (tertiary/aromatic N) is 1. The molecule has 1 aromatic heterocycles. The van der Waals surface area contributed by atoms with Gasteiger partial charge in [0, 0.05) is 5.56 Å². The summed E-state index contributed by atoms with van der Waals surface area (Å²) in [5.41, 5.74) is 0.572. The smallest absolute Gasteiger partial charge is 0.210 e. The zero-order valence-corrected chi connectivity index (χ0v) is 9.83. The minimum absolute atomic E-state index is 0.0370. The van der Waals surface area contributed by atoms with Gasteiger partial charge in [-0.2, -0.15) is 0 Å². The van der Waals surface area contributed by atoms with Crippen molar-refractivity contribution in [1.29, 1.82) is 0 Å². The third-order valence-corrected chi connectivity index (χ3v) is 2.81. The minimum Gasteiger partial charge on any atom is -0.352 e. The van der Waals surface area contributed by atoms with E-state index in [4.69, 9.17) is 27.7 Å². The number of benzene rings is 1. The molecule has 0 spiro atoms. The molecule has 2 rings (SSSR count). The van der Waals surface area contributed by atoms with Gasteiger partial charge in [0.1, 0.15) is 5.69 Å². The van der Waals surface area contributed by atoms with Gasteiger partial charge >= 0.3 is 0 Å². The van der Waals surface area contributed by atoms with Gasteiger partial charge in [-0.05, 0) is 12.1 Å². The summed E-state index contributed by atoms with van der Waals surface area (Å²) in [7, 11) is 0. The molecule has 0 atom stereocenters. The van der Waals surface area contributed by atoms with Crippen LogP contribution in [0.3, 0.4) is 0 Å². The normalized spacial score (nSPS) is 10.2. The van der Waals surface area contributed by atoms with Crippen LogP contribution in [-0.4, -0.2) is 17.7 Å². The summed E-state index contributed by atoms with van der Waals surface area (Å²) in [6.07, 6.45) is 0.889. The SMILES string of the molecule is O=Cc1onc(-c2c(Cl)cccc2Cl)c1C=O. The van der Waals surface area contributed by atoms with Crippen molar-refractivity contribution in [2.45, 2.75) is 0 Å². The lowest BCUT2D eigenvalue weighted by atomic mass is 10.1. The number of aldehydes is 2. The maximum absolute atomic E-state index is 10.9. The molecule has 0 aliphatic heterocycles. The zero-order chi connectivity index (χ0) is 12.4. The Morgan fingerprint density at radius 3 is 2.29 bits per heavy atom. The largest absolute Gasteiger partial charge is 0.352 e. The second kappa shape index (κ2) is 4.69. The van der Waals surface area contributed by atoms with E-state index in [2.05, 4.69) is 5.16 Å². The molecule has 0 unspecified atom stereocenters. The van der Waals surface area contributed by atoms with Crippen LogP contribution in [-0.2, 0) is 0 Å². The van der Waals surface area contributed by atoms with E-state index < -0.39 is 0 Å². The highest BCUT2D eigenvalue weighted by atomic mass is 35.5. The molecule has 0 aliphatic rings. The van der Waals surface area contributed by atoms with Crippen LogP contribution in [0.2, 0.25) is 10.0 Å². The average Bonchev–Trinajstić information content (AvgIpc) is 2.71. The third kappa shape index (κ3) is 1.97. The predicted molar refractivity (Wildman–Crippen MR) is 62.7 cm³/mol. The van der Waals surface area contributed by atoms with Crippen molar-refractivity contribution >= 4 is 35.8 Å². The van der Waals surface area contributed by atoms with Gasteiger partial charge in [-0.15, -0.1) is 0 Å². The summed E-state index contributed by atoms with van der Waals surface area (Å²) in [4.78, 5) is 21.6. The van der Waals surface area contributed by atoms with Gasteiger partial charge < -0.3 is 4.52 Å². The lowest BCUT2D eigenvalue weighted by Crippen LogP contribution is -1.90. The molecule has 17 heavy (non-hydrogen) atoms. The summed E-state index contributed by atoms with van der Waals surface area (Å²) in [6, 6.07) is 4.87. The second-order valence-electron chi connectivity index (χ2n) is 3.14. The van der Waals surface area contributed by atoms with Crippen molar-refractivity contribution in [2.24, 2.45) is 0 Å². The predicted octanol–water partition coefficient (Wildman–Crippen LogP) is 3.27. The van der Waals surface area contributed by atoms with E-state index in [-0.39, 0.29) is 17.0 Å². The van der Waals surface area contributed by atoms with E-state index in [1.807, 2.05) is 0 Å². The first-order chi connectivity index (χ1) is 8.19. The summed E-state index contributed by atoms with van der Waals surface area (Å²) in [5, 5.41) is 4.29. The molecule has 1 heterocycles. The van der Waals surface area contributed by atoms with Gasteiger partial charge in [0.2, 0.25) is 5.76 Å². The van der Waals surface area contributed by atoms with Crippen LogP contribution in [0.25, 0.3) is 11.3 Å². The van der Waals surface area contributed by atoms with Gasteiger partial charge in [-0.1, -0.05) is 34.4 Å². The number of hydrogen-bond acceptors (Lipinski definition) is 4. The number of rotatable bonds is 3. The Morgan fingerprint density at radius 1 is 1.12 bits per heavy atom. The maximum Gasteiger partial charge on any atom is 0.210 e. The number of carbonyl (C=O) groups is 2. The highest BCUT2D eigenvalue weighted by Gasteiger charge is 2.20. The highest BCUT2D eigenvalue weighted by Crippen LogP contribution is 2.35. The Morgan fingerprint density at radius 2 is 1.76 bits per heavy atom. The van der Waals surface area contributed by atoms with Crippen molar-refractivity contribution in [1.82, 2.24) is 5.16 Å². The van der Waals surface area contributed by atoms with E-state index >= 15 is 0 Å². The van der Waals surface area contributed by atoms with Crippen molar-refractivity contribution in [3.05, 3.63) is 39.6 Å². The monoisotopic (exact) mass is 269 g/mol. The van der Waals surface area contributed by atoms with Gasteiger partial charge in [0.15, 0.2) is 12.6 Å². The molecule has 0 saturated heterocycles. The van der Waals surface area contributed by atoms with E-state index in [1.165, 1.54) is 0 Å². The molecule has 1 aromatic carbocycles. The molecular formula is C11H5Cl2NO3. The maximum atomic E-state index is 10.9. The van der Waals surface area contributed by atoms with E-state index in [1.54, 1.807) is 18.2 Å². The summed E-state index contributed by atoms with van der Waals surface area (Å²) >= 11 is 12.0. The van der Waals surface area contributed by atoms with Gasteiger partial charge in [0.25, 0.3) is 0 Å².